The number of anilines is 1. The standard InChI is InChI=1S/C21H17N3O3S/c1-14-7-8-19-22-16(11-20(25)24(19)12-14)13-27-17-5-2-4-15(10-17)23-21(26)18-6-3-9-28-18/h2-12H,13H2,1H3,(H,23,26). The number of nitrogens with one attached hydrogen (secondary N) is 1. The second-order valence-electron chi connectivity index (χ2n) is 6.27. The summed E-state index contributed by atoms with van der Waals surface area (Å²) in [6.45, 7) is 2.08. The van der Waals surface area contributed by atoms with Gasteiger partial charge in [-0.1, -0.05) is 18.2 Å². The first-order valence-electron chi connectivity index (χ1n) is 8.65. The molecule has 0 saturated carbocycles. The van der Waals surface area contributed by atoms with Crippen LogP contribution in [0.3, 0.4) is 0 Å². The fourth-order valence-corrected chi connectivity index (χ4v) is 3.37. The normalized spacial score (nSPS) is 10.8. The van der Waals surface area contributed by atoms with E-state index < -0.39 is 0 Å². The highest BCUT2D eigenvalue weighted by Gasteiger charge is 2.08. The van der Waals surface area contributed by atoms with E-state index in [1.54, 1.807) is 42.6 Å². The molecule has 0 aliphatic rings. The number of aryl methyl sites for hydroxylation is 1. The van der Waals surface area contributed by atoms with E-state index >= 15 is 0 Å². The molecule has 6 nitrogen and oxygen atoms in total. The first-order chi connectivity index (χ1) is 13.6. The molecule has 0 bridgehead atoms. The Morgan fingerprint density at radius 1 is 1.18 bits per heavy atom. The number of carbonyl (C=O) groups excluding carboxylic acids is 1. The maximum atomic E-state index is 12.3. The fraction of sp³-hybridized carbons (Fsp3) is 0.0952. The van der Waals surface area contributed by atoms with Crippen LogP contribution in [-0.4, -0.2) is 15.3 Å². The van der Waals surface area contributed by atoms with Crippen LogP contribution in [0.5, 0.6) is 5.75 Å². The third-order valence-electron chi connectivity index (χ3n) is 4.08. The topological polar surface area (TPSA) is 72.7 Å². The molecule has 0 spiro atoms. The Balaban J connectivity index is 1.48. The van der Waals surface area contributed by atoms with E-state index in [0.717, 1.165) is 5.56 Å². The van der Waals surface area contributed by atoms with Gasteiger partial charge in [0.25, 0.3) is 11.5 Å². The van der Waals surface area contributed by atoms with Crippen LogP contribution in [0.2, 0.25) is 0 Å². The maximum Gasteiger partial charge on any atom is 0.265 e. The second kappa shape index (κ2) is 7.66. The van der Waals surface area contributed by atoms with Crippen molar-refractivity contribution >= 4 is 28.6 Å². The van der Waals surface area contributed by atoms with Crippen molar-refractivity contribution in [3.63, 3.8) is 0 Å². The molecular formula is C21H17N3O3S. The predicted octanol–water partition coefficient (Wildman–Crippen LogP) is 3.90. The summed E-state index contributed by atoms with van der Waals surface area (Å²) in [5.74, 6) is 0.418. The van der Waals surface area contributed by atoms with Crippen LogP contribution in [0.15, 0.2) is 71.0 Å². The number of benzene rings is 1. The Morgan fingerprint density at radius 2 is 2.07 bits per heavy atom. The van der Waals surface area contributed by atoms with Gasteiger partial charge in [0.2, 0.25) is 0 Å². The smallest absolute Gasteiger partial charge is 0.265 e. The third kappa shape index (κ3) is 3.94. The van der Waals surface area contributed by atoms with Crippen molar-refractivity contribution in [1.82, 2.24) is 9.38 Å². The summed E-state index contributed by atoms with van der Waals surface area (Å²) in [5, 5.41) is 4.70. The van der Waals surface area contributed by atoms with Crippen molar-refractivity contribution in [2.24, 2.45) is 0 Å². The molecule has 0 radical (unpaired) electrons. The lowest BCUT2D eigenvalue weighted by atomic mass is 10.3. The molecule has 0 saturated heterocycles. The van der Waals surface area contributed by atoms with Gasteiger partial charge in [-0.15, -0.1) is 11.3 Å². The van der Waals surface area contributed by atoms with Crippen LogP contribution in [0.1, 0.15) is 20.9 Å². The van der Waals surface area contributed by atoms with E-state index in [9.17, 15) is 9.59 Å². The first-order valence-corrected chi connectivity index (χ1v) is 9.53. The fourth-order valence-electron chi connectivity index (χ4n) is 2.75. The van der Waals surface area contributed by atoms with Gasteiger partial charge in [-0.05, 0) is 42.1 Å². The van der Waals surface area contributed by atoms with Gasteiger partial charge in [0.05, 0.1) is 10.6 Å². The van der Waals surface area contributed by atoms with Gasteiger partial charge in [0.15, 0.2) is 0 Å². The molecule has 28 heavy (non-hydrogen) atoms. The molecule has 1 amide bonds. The van der Waals surface area contributed by atoms with E-state index in [2.05, 4.69) is 10.3 Å². The SMILES string of the molecule is Cc1ccc2nc(COc3cccc(NC(=O)c4cccs4)c3)cc(=O)n2c1. The van der Waals surface area contributed by atoms with Crippen molar-refractivity contribution in [1.29, 1.82) is 0 Å². The Morgan fingerprint density at radius 3 is 2.89 bits per heavy atom. The number of pyridine rings is 1. The van der Waals surface area contributed by atoms with Crippen LogP contribution >= 0.6 is 11.3 Å². The number of fused-ring (bicyclic) bond motifs is 1. The lowest BCUT2D eigenvalue weighted by molar-refractivity contribution is 0.103. The summed E-state index contributed by atoms with van der Waals surface area (Å²) in [5.41, 5.74) is 2.60. The van der Waals surface area contributed by atoms with Crippen molar-refractivity contribution in [3.05, 3.63) is 92.7 Å². The Bertz CT molecular complexity index is 1200. The van der Waals surface area contributed by atoms with E-state index in [0.29, 0.717) is 27.7 Å². The number of hydrogen-bond acceptors (Lipinski definition) is 5. The van der Waals surface area contributed by atoms with Gasteiger partial charge in [0.1, 0.15) is 18.0 Å². The summed E-state index contributed by atoms with van der Waals surface area (Å²) in [7, 11) is 0. The second-order valence-corrected chi connectivity index (χ2v) is 7.22. The van der Waals surface area contributed by atoms with Gasteiger partial charge < -0.3 is 10.1 Å². The van der Waals surface area contributed by atoms with E-state index in [4.69, 9.17) is 4.74 Å². The van der Waals surface area contributed by atoms with Crippen LogP contribution in [0.4, 0.5) is 5.69 Å². The minimum absolute atomic E-state index is 0.149. The molecule has 0 unspecified atom stereocenters. The van der Waals surface area contributed by atoms with E-state index in [1.165, 1.54) is 21.8 Å². The summed E-state index contributed by atoms with van der Waals surface area (Å²) in [6.07, 6.45) is 1.76. The molecule has 3 aromatic heterocycles. The molecule has 3 heterocycles. The zero-order valence-electron chi connectivity index (χ0n) is 15.1. The minimum Gasteiger partial charge on any atom is -0.487 e. The monoisotopic (exact) mass is 391 g/mol. The average Bonchev–Trinajstić information content (AvgIpc) is 3.22. The Hall–Kier alpha value is -3.45. The third-order valence-corrected chi connectivity index (χ3v) is 4.95. The highest BCUT2D eigenvalue weighted by molar-refractivity contribution is 7.12. The molecular weight excluding hydrogens is 374 g/mol. The highest BCUT2D eigenvalue weighted by Crippen LogP contribution is 2.20. The largest absolute Gasteiger partial charge is 0.487 e. The van der Waals surface area contributed by atoms with Gasteiger partial charge in [-0.2, -0.15) is 0 Å². The number of ether oxygens (including phenoxy) is 1. The minimum atomic E-state index is -0.160. The molecule has 0 fully saturated rings. The number of carbonyl (C=O) groups is 1. The van der Waals surface area contributed by atoms with E-state index in [-0.39, 0.29) is 18.1 Å². The van der Waals surface area contributed by atoms with Crippen LogP contribution < -0.4 is 15.6 Å². The van der Waals surface area contributed by atoms with Crippen molar-refractivity contribution < 1.29 is 9.53 Å². The van der Waals surface area contributed by atoms with Crippen LogP contribution in [0.25, 0.3) is 5.65 Å². The molecule has 140 valence electrons. The Kier molecular flexibility index (Phi) is 4.90. The molecule has 4 aromatic rings. The molecule has 1 N–H and O–H groups in total. The van der Waals surface area contributed by atoms with Crippen LogP contribution in [0, 0.1) is 6.92 Å². The number of hydrogen-bond donors (Lipinski definition) is 1. The van der Waals surface area contributed by atoms with Gasteiger partial charge in [-0.25, -0.2) is 4.98 Å². The van der Waals surface area contributed by atoms with Gasteiger partial charge >= 0.3 is 0 Å². The summed E-state index contributed by atoms with van der Waals surface area (Å²) < 4.78 is 7.29. The predicted molar refractivity (Wildman–Crippen MR) is 109 cm³/mol. The first kappa shape index (κ1) is 17.9. The number of thiophene rings is 1. The molecule has 1 aromatic carbocycles. The number of nitrogens with zero attached hydrogens (tertiary/aromatic N) is 2. The molecule has 4 rings (SSSR count). The molecule has 0 aliphatic heterocycles. The van der Waals surface area contributed by atoms with E-state index in [1.807, 2.05) is 24.4 Å². The van der Waals surface area contributed by atoms with Crippen molar-refractivity contribution in [2.75, 3.05) is 5.32 Å². The Labute approximate surface area is 165 Å². The number of aromatic nitrogens is 2. The van der Waals surface area contributed by atoms with Crippen molar-refractivity contribution in [2.45, 2.75) is 13.5 Å². The summed E-state index contributed by atoms with van der Waals surface area (Å²) >= 11 is 1.38. The zero-order valence-corrected chi connectivity index (χ0v) is 15.9. The van der Waals surface area contributed by atoms with Gasteiger partial charge in [0, 0.05) is 24.0 Å². The van der Waals surface area contributed by atoms with Crippen LogP contribution in [-0.2, 0) is 6.61 Å². The average molecular weight is 391 g/mol. The number of rotatable bonds is 5. The molecule has 0 atom stereocenters. The summed E-state index contributed by atoms with van der Waals surface area (Å²) in [4.78, 5) is 29.5. The lowest BCUT2D eigenvalue weighted by Crippen LogP contribution is -2.16. The zero-order chi connectivity index (χ0) is 19.5. The van der Waals surface area contributed by atoms with Crippen molar-refractivity contribution in [3.8, 4) is 5.75 Å². The maximum absolute atomic E-state index is 12.3. The summed E-state index contributed by atoms with van der Waals surface area (Å²) in [6, 6.07) is 15.9. The van der Waals surface area contributed by atoms with Gasteiger partial charge in [-0.3, -0.25) is 14.0 Å². The quantitative estimate of drug-likeness (QED) is 0.560. The highest BCUT2D eigenvalue weighted by atomic mass is 32.1. The molecule has 0 aliphatic carbocycles. The lowest BCUT2D eigenvalue weighted by Gasteiger charge is -2.09. The molecule has 7 heteroatoms. The number of amides is 1.